The van der Waals surface area contributed by atoms with Crippen molar-refractivity contribution in [2.45, 2.75) is 23.8 Å². The topological polar surface area (TPSA) is 92.5 Å². The highest BCUT2D eigenvalue weighted by Crippen LogP contribution is 2.34. The first-order chi connectivity index (χ1) is 8.87. The van der Waals surface area contributed by atoms with E-state index in [0.717, 1.165) is 12.8 Å². The van der Waals surface area contributed by atoms with E-state index < -0.39 is 20.6 Å². The Kier molecular flexibility index (Phi) is 3.46. The van der Waals surface area contributed by atoms with Crippen molar-refractivity contribution in [3.8, 4) is 0 Å². The highest BCUT2D eigenvalue weighted by atomic mass is 32.2. The highest BCUT2D eigenvalue weighted by molar-refractivity contribution is 7.89. The molecule has 1 fully saturated rings. The van der Waals surface area contributed by atoms with Gasteiger partial charge in [-0.15, -0.1) is 0 Å². The van der Waals surface area contributed by atoms with Crippen LogP contribution in [-0.2, 0) is 10.0 Å². The summed E-state index contributed by atoms with van der Waals surface area (Å²) in [6, 6.07) is 3.95. The number of nitrogens with zero attached hydrogens (tertiary/aromatic N) is 2. The third-order valence-electron chi connectivity index (χ3n) is 3.16. The highest BCUT2D eigenvalue weighted by Gasteiger charge is 2.38. The molecule has 0 aromatic heterocycles. The molecule has 7 nitrogen and oxygen atoms in total. The molecule has 0 bridgehead atoms. The molecule has 0 aliphatic heterocycles. The standard InChI is InChI=1S/C11H15N3O4S/c1-12-8-3-6-10(14(15)16)11(7-8)19(17,18)13(2)9-4-5-9/h3,6-7,9,12H,4-5H2,1-2H3. The summed E-state index contributed by atoms with van der Waals surface area (Å²) in [6.07, 6.45) is 1.60. The van der Waals surface area contributed by atoms with Crippen molar-refractivity contribution in [3.05, 3.63) is 28.3 Å². The molecular formula is C11H15N3O4S. The van der Waals surface area contributed by atoms with E-state index in [2.05, 4.69) is 5.32 Å². The van der Waals surface area contributed by atoms with Crippen LogP contribution in [-0.4, -0.2) is 37.8 Å². The van der Waals surface area contributed by atoms with Gasteiger partial charge in [-0.05, 0) is 25.0 Å². The van der Waals surface area contributed by atoms with Crippen molar-refractivity contribution in [3.63, 3.8) is 0 Å². The second-order valence-electron chi connectivity index (χ2n) is 4.44. The molecule has 0 atom stereocenters. The van der Waals surface area contributed by atoms with Crippen LogP contribution in [0, 0.1) is 10.1 Å². The summed E-state index contributed by atoms with van der Waals surface area (Å²) >= 11 is 0. The van der Waals surface area contributed by atoms with Gasteiger partial charge in [-0.1, -0.05) is 0 Å². The van der Waals surface area contributed by atoms with Crippen LogP contribution in [0.5, 0.6) is 0 Å². The van der Waals surface area contributed by atoms with Crippen LogP contribution in [0.25, 0.3) is 0 Å². The van der Waals surface area contributed by atoms with Crippen molar-refractivity contribution in [2.24, 2.45) is 0 Å². The first-order valence-corrected chi connectivity index (χ1v) is 7.26. The number of nitro benzene ring substituents is 1. The number of sulfonamides is 1. The predicted octanol–water partition coefficient (Wildman–Crippen LogP) is 1.42. The molecule has 0 heterocycles. The average Bonchev–Trinajstić information content (AvgIpc) is 3.21. The van der Waals surface area contributed by atoms with Crippen molar-refractivity contribution in [2.75, 3.05) is 19.4 Å². The molecule has 8 heteroatoms. The molecule has 1 N–H and O–H groups in total. The van der Waals surface area contributed by atoms with Gasteiger partial charge >= 0.3 is 0 Å². The van der Waals surface area contributed by atoms with Crippen LogP contribution in [0.15, 0.2) is 23.1 Å². The third-order valence-corrected chi connectivity index (χ3v) is 5.10. The minimum absolute atomic E-state index is 0.0390. The summed E-state index contributed by atoms with van der Waals surface area (Å²) in [5.74, 6) is 0. The monoisotopic (exact) mass is 285 g/mol. The lowest BCUT2D eigenvalue weighted by atomic mass is 10.3. The molecule has 19 heavy (non-hydrogen) atoms. The Morgan fingerprint density at radius 3 is 2.53 bits per heavy atom. The molecular weight excluding hydrogens is 270 g/mol. The quantitative estimate of drug-likeness (QED) is 0.652. The number of hydrogen-bond acceptors (Lipinski definition) is 5. The number of nitro groups is 1. The average molecular weight is 285 g/mol. The number of rotatable bonds is 5. The second-order valence-corrected chi connectivity index (χ2v) is 6.41. The van der Waals surface area contributed by atoms with E-state index in [0.29, 0.717) is 5.69 Å². The lowest BCUT2D eigenvalue weighted by Gasteiger charge is -2.16. The van der Waals surface area contributed by atoms with Gasteiger partial charge in [0.1, 0.15) is 0 Å². The van der Waals surface area contributed by atoms with Gasteiger partial charge in [0, 0.05) is 31.9 Å². The summed E-state index contributed by atoms with van der Waals surface area (Å²) < 4.78 is 26.0. The van der Waals surface area contributed by atoms with Crippen LogP contribution >= 0.6 is 0 Å². The van der Waals surface area contributed by atoms with E-state index in [-0.39, 0.29) is 10.9 Å². The van der Waals surface area contributed by atoms with Crippen molar-refractivity contribution < 1.29 is 13.3 Å². The summed E-state index contributed by atoms with van der Waals surface area (Å²) in [5.41, 5.74) is 0.125. The van der Waals surface area contributed by atoms with Crippen LogP contribution in [0.1, 0.15) is 12.8 Å². The van der Waals surface area contributed by atoms with Gasteiger partial charge in [0.05, 0.1) is 4.92 Å². The molecule has 0 spiro atoms. The molecule has 1 aromatic rings. The summed E-state index contributed by atoms with van der Waals surface area (Å²) in [5, 5.41) is 13.8. The lowest BCUT2D eigenvalue weighted by molar-refractivity contribution is -0.387. The maximum absolute atomic E-state index is 12.4. The molecule has 1 aliphatic rings. The zero-order chi connectivity index (χ0) is 14.2. The van der Waals surface area contributed by atoms with Gasteiger partial charge < -0.3 is 5.32 Å². The molecule has 104 valence electrons. The first kappa shape index (κ1) is 13.8. The third kappa shape index (κ3) is 2.54. The molecule has 0 saturated heterocycles. The van der Waals surface area contributed by atoms with E-state index in [1.165, 1.54) is 29.6 Å². The Morgan fingerprint density at radius 1 is 1.42 bits per heavy atom. The van der Waals surface area contributed by atoms with Gasteiger partial charge in [0.15, 0.2) is 4.90 Å². The van der Waals surface area contributed by atoms with Gasteiger partial charge in [-0.3, -0.25) is 10.1 Å². The van der Waals surface area contributed by atoms with Crippen molar-refractivity contribution in [1.29, 1.82) is 0 Å². The Hall–Kier alpha value is -1.67. The molecule has 2 rings (SSSR count). The molecule has 0 unspecified atom stereocenters. The van der Waals surface area contributed by atoms with Crippen LogP contribution in [0.4, 0.5) is 11.4 Å². The van der Waals surface area contributed by atoms with Crippen molar-refractivity contribution >= 4 is 21.4 Å². The van der Waals surface area contributed by atoms with Crippen LogP contribution < -0.4 is 5.32 Å². The Balaban J connectivity index is 2.55. The zero-order valence-corrected chi connectivity index (χ0v) is 11.5. The minimum atomic E-state index is -3.83. The van der Waals surface area contributed by atoms with E-state index in [9.17, 15) is 18.5 Å². The zero-order valence-electron chi connectivity index (χ0n) is 10.7. The van der Waals surface area contributed by atoms with Gasteiger partial charge in [-0.25, -0.2) is 8.42 Å². The Bertz CT molecular complexity index is 610. The lowest BCUT2D eigenvalue weighted by Crippen LogP contribution is -2.29. The predicted molar refractivity (Wildman–Crippen MR) is 70.6 cm³/mol. The van der Waals surface area contributed by atoms with Gasteiger partial charge in [-0.2, -0.15) is 4.31 Å². The maximum Gasteiger partial charge on any atom is 0.289 e. The second kappa shape index (κ2) is 4.78. The number of hydrogen-bond donors (Lipinski definition) is 1. The number of anilines is 1. The Labute approximate surface area is 111 Å². The molecule has 1 saturated carbocycles. The fourth-order valence-corrected chi connectivity index (χ4v) is 3.41. The maximum atomic E-state index is 12.4. The Morgan fingerprint density at radius 2 is 2.05 bits per heavy atom. The number of nitrogens with one attached hydrogen (secondary N) is 1. The van der Waals surface area contributed by atoms with Gasteiger partial charge in [0.2, 0.25) is 10.0 Å². The first-order valence-electron chi connectivity index (χ1n) is 5.82. The molecule has 1 aromatic carbocycles. The van der Waals surface area contributed by atoms with Crippen LogP contribution in [0.3, 0.4) is 0 Å². The van der Waals surface area contributed by atoms with Crippen molar-refractivity contribution in [1.82, 2.24) is 4.31 Å². The fourth-order valence-electron chi connectivity index (χ4n) is 1.82. The summed E-state index contributed by atoms with van der Waals surface area (Å²) in [4.78, 5) is 10.0. The summed E-state index contributed by atoms with van der Waals surface area (Å²) in [6.45, 7) is 0. The van der Waals surface area contributed by atoms with E-state index in [1.807, 2.05) is 0 Å². The minimum Gasteiger partial charge on any atom is -0.388 e. The molecule has 0 amide bonds. The normalized spacial score (nSPS) is 15.5. The largest absolute Gasteiger partial charge is 0.388 e. The molecule has 0 radical (unpaired) electrons. The van der Waals surface area contributed by atoms with E-state index in [1.54, 1.807) is 7.05 Å². The molecule has 1 aliphatic carbocycles. The van der Waals surface area contributed by atoms with E-state index >= 15 is 0 Å². The van der Waals surface area contributed by atoms with Crippen LogP contribution in [0.2, 0.25) is 0 Å². The summed E-state index contributed by atoms with van der Waals surface area (Å²) in [7, 11) is -0.744. The SMILES string of the molecule is CNc1ccc([N+](=O)[O-])c(S(=O)(=O)N(C)C2CC2)c1. The smallest absolute Gasteiger partial charge is 0.289 e. The number of benzene rings is 1. The van der Waals surface area contributed by atoms with E-state index in [4.69, 9.17) is 0 Å². The fraction of sp³-hybridized carbons (Fsp3) is 0.455. The van der Waals surface area contributed by atoms with Gasteiger partial charge in [0.25, 0.3) is 5.69 Å².